The second-order valence-corrected chi connectivity index (χ2v) is 4.47. The van der Waals surface area contributed by atoms with Crippen molar-refractivity contribution in [1.82, 2.24) is 24.6 Å². The Bertz CT molecular complexity index is 468. The number of nitrogens with zero attached hydrogens (tertiary/aromatic N) is 4. The van der Waals surface area contributed by atoms with Gasteiger partial charge in [-0.25, -0.2) is 4.98 Å². The zero-order chi connectivity index (χ0) is 11.7. The summed E-state index contributed by atoms with van der Waals surface area (Å²) in [6.07, 6.45) is 5.52. The second kappa shape index (κ2) is 4.39. The van der Waals surface area contributed by atoms with Crippen LogP contribution in [0.3, 0.4) is 0 Å². The van der Waals surface area contributed by atoms with Gasteiger partial charge in [-0.1, -0.05) is 0 Å². The molecular formula is C10H14BrN5. The molecule has 5 nitrogen and oxygen atoms in total. The highest BCUT2D eigenvalue weighted by molar-refractivity contribution is 9.10. The zero-order valence-corrected chi connectivity index (χ0v) is 11.1. The highest BCUT2D eigenvalue weighted by Crippen LogP contribution is 2.26. The number of aromatic nitrogens is 4. The van der Waals surface area contributed by atoms with Crippen LogP contribution in [0.5, 0.6) is 0 Å². The Morgan fingerprint density at radius 3 is 2.62 bits per heavy atom. The number of hydrogen-bond acceptors (Lipinski definition) is 3. The molecule has 1 N–H and O–H groups in total. The molecule has 2 heterocycles. The Morgan fingerprint density at radius 2 is 2.19 bits per heavy atom. The van der Waals surface area contributed by atoms with Crippen molar-refractivity contribution in [3.63, 3.8) is 0 Å². The first-order chi connectivity index (χ1) is 7.65. The van der Waals surface area contributed by atoms with Crippen LogP contribution in [0.1, 0.15) is 17.6 Å². The van der Waals surface area contributed by atoms with Crippen LogP contribution in [-0.4, -0.2) is 26.4 Å². The molecule has 0 spiro atoms. The Kier molecular flexibility index (Phi) is 3.11. The fraction of sp³-hybridized carbons (Fsp3) is 0.400. The van der Waals surface area contributed by atoms with E-state index in [4.69, 9.17) is 0 Å². The van der Waals surface area contributed by atoms with Crippen molar-refractivity contribution in [3.8, 4) is 0 Å². The third-order valence-electron chi connectivity index (χ3n) is 2.62. The molecule has 2 aromatic rings. The summed E-state index contributed by atoms with van der Waals surface area (Å²) in [6.45, 7) is 0. The maximum atomic E-state index is 4.36. The lowest BCUT2D eigenvalue weighted by Gasteiger charge is -2.17. The fourth-order valence-electron chi connectivity index (χ4n) is 1.79. The number of nitrogens with one attached hydrogen (secondary N) is 1. The summed E-state index contributed by atoms with van der Waals surface area (Å²) in [5.74, 6) is 0.965. The van der Waals surface area contributed by atoms with Gasteiger partial charge in [0.05, 0.1) is 16.4 Å². The second-order valence-electron chi connectivity index (χ2n) is 3.62. The first-order valence-corrected chi connectivity index (χ1v) is 5.76. The van der Waals surface area contributed by atoms with E-state index in [-0.39, 0.29) is 6.04 Å². The molecule has 2 rings (SSSR count). The third kappa shape index (κ3) is 1.78. The van der Waals surface area contributed by atoms with E-state index in [9.17, 15) is 0 Å². The zero-order valence-electron chi connectivity index (χ0n) is 9.48. The van der Waals surface area contributed by atoms with Gasteiger partial charge < -0.3 is 9.88 Å². The Balaban J connectivity index is 2.49. The standard InChI is InChI=1S/C10H14BrN5/c1-12-8(10-13-4-5-15(10)2)9-7(11)6-14-16(9)3/h4-6,8,12H,1-3H3. The predicted octanol–water partition coefficient (Wildman–Crippen LogP) is 1.22. The van der Waals surface area contributed by atoms with Gasteiger partial charge in [-0.2, -0.15) is 5.10 Å². The molecule has 86 valence electrons. The summed E-state index contributed by atoms with van der Waals surface area (Å²) in [5, 5.41) is 7.47. The molecule has 0 saturated heterocycles. The van der Waals surface area contributed by atoms with E-state index in [0.29, 0.717) is 0 Å². The molecule has 0 fully saturated rings. The lowest BCUT2D eigenvalue weighted by Crippen LogP contribution is -2.24. The maximum absolute atomic E-state index is 4.36. The molecule has 0 aliphatic carbocycles. The van der Waals surface area contributed by atoms with E-state index in [1.807, 2.05) is 36.6 Å². The van der Waals surface area contributed by atoms with Gasteiger partial charge in [0.15, 0.2) is 0 Å². The van der Waals surface area contributed by atoms with Gasteiger partial charge in [0.1, 0.15) is 11.9 Å². The van der Waals surface area contributed by atoms with Crippen molar-refractivity contribution in [3.05, 3.63) is 34.6 Å². The summed E-state index contributed by atoms with van der Waals surface area (Å²) in [4.78, 5) is 4.36. The first-order valence-electron chi connectivity index (χ1n) is 4.97. The van der Waals surface area contributed by atoms with E-state index in [1.165, 1.54) is 0 Å². The van der Waals surface area contributed by atoms with E-state index < -0.39 is 0 Å². The molecule has 0 amide bonds. The molecule has 0 aliphatic rings. The summed E-state index contributed by atoms with van der Waals surface area (Å²) < 4.78 is 4.83. The fourth-order valence-corrected chi connectivity index (χ4v) is 2.37. The molecule has 2 aromatic heterocycles. The van der Waals surface area contributed by atoms with Crippen molar-refractivity contribution in [2.24, 2.45) is 14.1 Å². The third-order valence-corrected chi connectivity index (χ3v) is 3.23. The minimum Gasteiger partial charge on any atom is -0.336 e. The molecule has 16 heavy (non-hydrogen) atoms. The van der Waals surface area contributed by atoms with Crippen LogP contribution in [-0.2, 0) is 14.1 Å². The number of rotatable bonds is 3. The molecule has 1 unspecified atom stereocenters. The van der Waals surface area contributed by atoms with Crippen molar-refractivity contribution < 1.29 is 0 Å². The van der Waals surface area contributed by atoms with E-state index in [2.05, 4.69) is 31.3 Å². The highest BCUT2D eigenvalue weighted by atomic mass is 79.9. The van der Waals surface area contributed by atoms with Crippen LogP contribution in [0, 0.1) is 0 Å². The SMILES string of the molecule is CNC(c1nccn1C)c1c(Br)cnn1C. The molecule has 0 bridgehead atoms. The Hall–Kier alpha value is -1.14. The summed E-state index contributed by atoms with van der Waals surface area (Å²) >= 11 is 3.51. The average molecular weight is 284 g/mol. The van der Waals surface area contributed by atoms with E-state index in [0.717, 1.165) is 16.0 Å². The first kappa shape index (κ1) is 11.3. The molecule has 1 atom stereocenters. The Labute approximate surface area is 103 Å². The van der Waals surface area contributed by atoms with Crippen molar-refractivity contribution in [1.29, 1.82) is 0 Å². The molecular weight excluding hydrogens is 270 g/mol. The van der Waals surface area contributed by atoms with Crippen LogP contribution >= 0.6 is 15.9 Å². The van der Waals surface area contributed by atoms with Gasteiger partial charge in [-0.05, 0) is 23.0 Å². The van der Waals surface area contributed by atoms with Crippen LogP contribution in [0.15, 0.2) is 23.1 Å². The molecule has 6 heteroatoms. The van der Waals surface area contributed by atoms with Crippen LogP contribution in [0.2, 0.25) is 0 Å². The van der Waals surface area contributed by atoms with Crippen LogP contribution < -0.4 is 5.32 Å². The number of imidazole rings is 1. The van der Waals surface area contributed by atoms with Gasteiger partial charge >= 0.3 is 0 Å². The topological polar surface area (TPSA) is 47.7 Å². The van der Waals surface area contributed by atoms with Crippen LogP contribution in [0.4, 0.5) is 0 Å². The van der Waals surface area contributed by atoms with Gasteiger partial charge in [0.2, 0.25) is 0 Å². The average Bonchev–Trinajstić information content (AvgIpc) is 2.80. The van der Waals surface area contributed by atoms with Gasteiger partial charge in [-0.3, -0.25) is 4.68 Å². The smallest absolute Gasteiger partial charge is 0.131 e. The van der Waals surface area contributed by atoms with Gasteiger partial charge in [0.25, 0.3) is 0 Å². The van der Waals surface area contributed by atoms with Crippen molar-refractivity contribution in [2.75, 3.05) is 7.05 Å². The maximum Gasteiger partial charge on any atom is 0.131 e. The lowest BCUT2D eigenvalue weighted by atomic mass is 10.2. The number of aryl methyl sites for hydroxylation is 2. The van der Waals surface area contributed by atoms with Gasteiger partial charge in [-0.15, -0.1) is 0 Å². The van der Waals surface area contributed by atoms with Gasteiger partial charge in [0, 0.05) is 26.5 Å². The number of halogens is 1. The molecule has 0 aromatic carbocycles. The van der Waals surface area contributed by atoms with E-state index >= 15 is 0 Å². The largest absolute Gasteiger partial charge is 0.336 e. The minimum absolute atomic E-state index is 0.0295. The predicted molar refractivity (Wildman–Crippen MR) is 65.0 cm³/mol. The number of hydrogen-bond donors (Lipinski definition) is 1. The Morgan fingerprint density at radius 1 is 1.44 bits per heavy atom. The highest BCUT2D eigenvalue weighted by Gasteiger charge is 2.22. The van der Waals surface area contributed by atoms with Crippen molar-refractivity contribution >= 4 is 15.9 Å². The van der Waals surface area contributed by atoms with Crippen molar-refractivity contribution in [2.45, 2.75) is 6.04 Å². The molecule has 0 aliphatic heterocycles. The van der Waals surface area contributed by atoms with E-state index in [1.54, 1.807) is 12.4 Å². The minimum atomic E-state index is 0.0295. The summed E-state index contributed by atoms with van der Waals surface area (Å²) in [7, 11) is 5.82. The summed E-state index contributed by atoms with van der Waals surface area (Å²) in [5.41, 5.74) is 1.07. The lowest BCUT2D eigenvalue weighted by molar-refractivity contribution is 0.561. The summed E-state index contributed by atoms with van der Waals surface area (Å²) in [6, 6.07) is 0.0295. The van der Waals surface area contributed by atoms with Crippen LogP contribution in [0.25, 0.3) is 0 Å². The molecule has 0 saturated carbocycles. The quantitative estimate of drug-likeness (QED) is 0.922. The normalized spacial score (nSPS) is 13.0. The monoisotopic (exact) mass is 283 g/mol. The molecule has 0 radical (unpaired) electrons.